The molecule has 1 fully saturated rings. The van der Waals surface area contributed by atoms with E-state index in [-0.39, 0.29) is 34.8 Å². The number of benzene rings is 2. The molecule has 1 aliphatic heterocycles. The van der Waals surface area contributed by atoms with Crippen LogP contribution in [0.15, 0.2) is 59.7 Å². The number of imidazole rings is 1. The number of nitrogens with one attached hydrogen (secondary N) is 2. The van der Waals surface area contributed by atoms with Crippen LogP contribution in [0.4, 0.5) is 19.0 Å². The lowest BCUT2D eigenvalue weighted by Gasteiger charge is -2.17. The number of hydrogen-bond acceptors (Lipinski definition) is 7. The molecule has 0 bridgehead atoms. The first kappa shape index (κ1) is 24.8. The van der Waals surface area contributed by atoms with E-state index in [9.17, 15) is 18.0 Å². The summed E-state index contributed by atoms with van der Waals surface area (Å²) >= 11 is 6.26. The molecule has 1 saturated carbocycles. The number of nitrogens with zero attached hydrogens (tertiary/aromatic N) is 7. The monoisotopic (exact) mass is 590 g/mol. The molecular weight excluding hydrogens is 573 g/mol. The molecular formula is C27H18ClF3N10O. The van der Waals surface area contributed by atoms with E-state index in [0.717, 1.165) is 39.5 Å². The molecule has 6 aromatic rings. The lowest BCUT2D eigenvalue weighted by atomic mass is 10.1. The van der Waals surface area contributed by atoms with Gasteiger partial charge in [-0.1, -0.05) is 22.9 Å². The van der Waals surface area contributed by atoms with Gasteiger partial charge in [0.2, 0.25) is 0 Å². The molecule has 42 heavy (non-hydrogen) atoms. The Bertz CT molecular complexity index is 2110. The number of rotatable bonds is 4. The average molecular weight is 591 g/mol. The van der Waals surface area contributed by atoms with Crippen LogP contribution in [0.25, 0.3) is 39.2 Å². The standard InChI is InChI=1S/C27H18ClF3N10O/c28-12-2-4-20(40-10-21(37-39-40)27(29,30)31)16(6-12)17-8-22(42)41-23(14-7-15(14)26(41)35-17)19-9-33-25(34-19)11-1-3-13-18(5-11)36-38-24(13)32/h1-6,8-10,14-15,23H,7H2,(H,33,34)(H3,32,36,38). The highest BCUT2D eigenvalue weighted by molar-refractivity contribution is 6.31. The van der Waals surface area contributed by atoms with Crippen LogP contribution in [-0.4, -0.2) is 44.7 Å². The van der Waals surface area contributed by atoms with E-state index >= 15 is 0 Å². The largest absolute Gasteiger partial charge is 0.436 e. The predicted molar refractivity (Wildman–Crippen MR) is 146 cm³/mol. The van der Waals surface area contributed by atoms with Gasteiger partial charge in [-0.05, 0) is 42.7 Å². The van der Waals surface area contributed by atoms with Crippen LogP contribution in [0.3, 0.4) is 0 Å². The third-order valence-corrected chi connectivity index (χ3v) is 8.11. The Kier molecular flexibility index (Phi) is 5.03. The minimum atomic E-state index is -4.65. The summed E-state index contributed by atoms with van der Waals surface area (Å²) in [7, 11) is 0. The third kappa shape index (κ3) is 3.75. The number of halogens is 4. The molecule has 1 aliphatic carbocycles. The van der Waals surface area contributed by atoms with Crippen molar-refractivity contribution in [2.75, 3.05) is 5.73 Å². The van der Waals surface area contributed by atoms with Gasteiger partial charge in [-0.15, -0.1) is 5.10 Å². The highest BCUT2D eigenvalue weighted by Crippen LogP contribution is 2.60. The van der Waals surface area contributed by atoms with Crippen molar-refractivity contribution in [3.8, 4) is 28.3 Å². The van der Waals surface area contributed by atoms with E-state index in [2.05, 4.69) is 30.5 Å². The number of hydrogen-bond donors (Lipinski definition) is 3. The summed E-state index contributed by atoms with van der Waals surface area (Å²) in [5.74, 6) is 1.88. The van der Waals surface area contributed by atoms with E-state index in [1.54, 1.807) is 16.8 Å². The summed E-state index contributed by atoms with van der Waals surface area (Å²) in [6.07, 6.45) is -1.30. The van der Waals surface area contributed by atoms with E-state index in [0.29, 0.717) is 28.1 Å². The first-order valence-electron chi connectivity index (χ1n) is 12.9. The van der Waals surface area contributed by atoms with Gasteiger partial charge in [0.05, 0.1) is 41.0 Å². The van der Waals surface area contributed by atoms with Crippen LogP contribution in [0.5, 0.6) is 0 Å². The number of aromatic amines is 2. The molecule has 210 valence electrons. The van der Waals surface area contributed by atoms with Crippen molar-refractivity contribution in [1.82, 2.24) is 44.7 Å². The normalized spacial score (nSPS) is 19.3. The Balaban J connectivity index is 1.18. The number of H-pyrrole nitrogens is 2. The summed E-state index contributed by atoms with van der Waals surface area (Å²) in [5, 5.41) is 15.0. The maximum absolute atomic E-state index is 13.6. The Morgan fingerprint density at radius 3 is 2.79 bits per heavy atom. The first-order valence-corrected chi connectivity index (χ1v) is 13.3. The zero-order chi connectivity index (χ0) is 28.9. The van der Waals surface area contributed by atoms with Crippen LogP contribution >= 0.6 is 11.6 Å². The van der Waals surface area contributed by atoms with E-state index in [1.807, 2.05) is 18.2 Å². The van der Waals surface area contributed by atoms with Gasteiger partial charge in [0, 0.05) is 33.5 Å². The Morgan fingerprint density at radius 2 is 1.98 bits per heavy atom. The number of nitrogens with two attached hydrogens (primary N) is 1. The van der Waals surface area contributed by atoms with Gasteiger partial charge in [0.1, 0.15) is 11.6 Å². The highest BCUT2D eigenvalue weighted by atomic mass is 35.5. The van der Waals surface area contributed by atoms with Crippen molar-refractivity contribution >= 4 is 28.3 Å². The second-order valence-corrected chi connectivity index (χ2v) is 10.9. The van der Waals surface area contributed by atoms with Gasteiger partial charge in [-0.25, -0.2) is 14.6 Å². The van der Waals surface area contributed by atoms with E-state index in [1.165, 1.54) is 18.2 Å². The topological polar surface area (TPSA) is 149 Å². The Hall–Kier alpha value is -4.98. The van der Waals surface area contributed by atoms with Crippen molar-refractivity contribution in [3.05, 3.63) is 87.4 Å². The molecule has 8 rings (SSSR count). The second-order valence-electron chi connectivity index (χ2n) is 10.4. The quantitative estimate of drug-likeness (QED) is 0.269. The smallest absolute Gasteiger partial charge is 0.382 e. The Morgan fingerprint density at radius 1 is 1.12 bits per heavy atom. The highest BCUT2D eigenvalue weighted by Gasteiger charge is 2.55. The molecule has 4 N–H and O–H groups in total. The summed E-state index contributed by atoms with van der Waals surface area (Å²) in [5.41, 5.74) is 7.76. The van der Waals surface area contributed by atoms with Crippen molar-refractivity contribution in [3.63, 3.8) is 0 Å². The summed E-state index contributed by atoms with van der Waals surface area (Å²) < 4.78 is 42.2. The van der Waals surface area contributed by atoms with Crippen LogP contribution in [0.2, 0.25) is 5.02 Å². The molecule has 0 amide bonds. The number of nitrogen functional groups attached to an aromatic ring is 1. The number of anilines is 1. The molecule has 0 spiro atoms. The minimum Gasteiger partial charge on any atom is -0.382 e. The fourth-order valence-corrected chi connectivity index (χ4v) is 6.03. The SMILES string of the molecule is Nc1n[nH]c2cc(-c3ncc(C4C5CC5c5nc(-c6cc(Cl)ccc6-n6cc(C(F)(F)F)nn6)cc(=O)n54)[nH]3)ccc12. The number of fused-ring (bicyclic) bond motifs is 4. The molecule has 3 unspecified atom stereocenters. The molecule has 3 atom stereocenters. The third-order valence-electron chi connectivity index (χ3n) is 7.88. The Labute approximate surface area is 238 Å². The maximum atomic E-state index is 13.6. The summed E-state index contributed by atoms with van der Waals surface area (Å²) in [6, 6.07) is 11.3. The molecule has 15 heteroatoms. The van der Waals surface area contributed by atoms with Crippen LogP contribution in [0, 0.1) is 5.92 Å². The van der Waals surface area contributed by atoms with Gasteiger partial charge in [-0.3, -0.25) is 14.5 Å². The molecule has 0 saturated heterocycles. The van der Waals surface area contributed by atoms with Gasteiger partial charge < -0.3 is 10.7 Å². The van der Waals surface area contributed by atoms with E-state index in [4.69, 9.17) is 22.3 Å². The zero-order valence-electron chi connectivity index (χ0n) is 21.3. The lowest BCUT2D eigenvalue weighted by molar-refractivity contribution is -0.141. The van der Waals surface area contributed by atoms with Crippen molar-refractivity contribution in [2.45, 2.75) is 24.6 Å². The molecule has 2 aromatic carbocycles. The molecule has 5 heterocycles. The average Bonchev–Trinajstić information content (AvgIpc) is 3.37. The molecule has 11 nitrogen and oxygen atoms in total. The fraction of sp³-hybridized carbons (Fsp3) is 0.185. The molecule has 4 aromatic heterocycles. The minimum absolute atomic E-state index is 0.0598. The first-order chi connectivity index (χ1) is 20.2. The van der Waals surface area contributed by atoms with Crippen LogP contribution < -0.4 is 11.3 Å². The fourth-order valence-electron chi connectivity index (χ4n) is 5.85. The van der Waals surface area contributed by atoms with E-state index < -0.39 is 11.9 Å². The van der Waals surface area contributed by atoms with Crippen molar-refractivity contribution < 1.29 is 13.2 Å². The lowest BCUT2D eigenvalue weighted by Crippen LogP contribution is -2.27. The van der Waals surface area contributed by atoms with Crippen LogP contribution in [0.1, 0.15) is 35.6 Å². The zero-order valence-corrected chi connectivity index (χ0v) is 22.0. The van der Waals surface area contributed by atoms with Crippen molar-refractivity contribution in [1.29, 1.82) is 0 Å². The molecule has 2 aliphatic rings. The predicted octanol–water partition coefficient (Wildman–Crippen LogP) is 4.72. The van der Waals surface area contributed by atoms with Crippen molar-refractivity contribution in [2.24, 2.45) is 5.92 Å². The molecule has 0 radical (unpaired) electrons. The number of alkyl halides is 3. The van der Waals surface area contributed by atoms with Gasteiger partial charge in [-0.2, -0.15) is 18.3 Å². The van der Waals surface area contributed by atoms with Gasteiger partial charge in [0.15, 0.2) is 11.5 Å². The summed E-state index contributed by atoms with van der Waals surface area (Å²) in [4.78, 5) is 26.4. The van der Waals surface area contributed by atoms with Gasteiger partial charge in [0.25, 0.3) is 5.56 Å². The van der Waals surface area contributed by atoms with Gasteiger partial charge >= 0.3 is 6.18 Å². The maximum Gasteiger partial charge on any atom is 0.436 e. The van der Waals surface area contributed by atoms with Crippen LogP contribution in [-0.2, 0) is 6.18 Å². The summed E-state index contributed by atoms with van der Waals surface area (Å²) in [6.45, 7) is 0. The number of aromatic nitrogens is 9. The second kappa shape index (κ2) is 8.52.